The maximum atomic E-state index is 13.4. The molecule has 2 amide bonds. The van der Waals surface area contributed by atoms with Crippen LogP contribution in [0.1, 0.15) is 73.8 Å². The first-order chi connectivity index (χ1) is 18.4. The molecule has 4 heterocycles. The number of carbonyl (C=O) groups excluding carboxylic acids is 2. The maximum absolute atomic E-state index is 13.4. The minimum absolute atomic E-state index is 0.0401. The molecule has 0 radical (unpaired) electrons. The van der Waals surface area contributed by atoms with Crippen LogP contribution in [0.25, 0.3) is 0 Å². The van der Waals surface area contributed by atoms with Gasteiger partial charge in [-0.1, -0.05) is 24.6 Å². The van der Waals surface area contributed by atoms with Crippen LogP contribution in [-0.2, 0) is 16.0 Å². The average molecular weight is 520 g/mol. The number of aryl methyl sites for hydroxylation is 3. The number of aromatic nitrogens is 2. The summed E-state index contributed by atoms with van der Waals surface area (Å²) in [4.78, 5) is 40.3. The van der Waals surface area contributed by atoms with Crippen LogP contribution < -0.4 is 10.1 Å². The fourth-order valence-corrected chi connectivity index (χ4v) is 6.39. The largest absolute Gasteiger partial charge is 0.491 e. The van der Waals surface area contributed by atoms with E-state index in [1.165, 1.54) is 5.56 Å². The quantitative estimate of drug-likeness (QED) is 0.665. The van der Waals surface area contributed by atoms with E-state index in [2.05, 4.69) is 32.3 Å². The lowest BCUT2D eigenvalue weighted by atomic mass is 9.73. The lowest BCUT2D eigenvalue weighted by molar-refractivity contribution is -0.137. The van der Waals surface area contributed by atoms with Crippen LogP contribution in [0.5, 0.6) is 5.75 Å². The number of para-hydroxylation sites is 1. The van der Waals surface area contributed by atoms with Gasteiger partial charge < -0.3 is 15.0 Å². The molecule has 38 heavy (non-hydrogen) atoms. The van der Waals surface area contributed by atoms with Crippen molar-refractivity contribution >= 4 is 11.8 Å². The molecule has 1 unspecified atom stereocenters. The molecular formula is C30H41N5O3. The van der Waals surface area contributed by atoms with Crippen molar-refractivity contribution in [1.29, 1.82) is 0 Å². The normalized spacial score (nSPS) is 22.6. The van der Waals surface area contributed by atoms with Gasteiger partial charge >= 0.3 is 0 Å². The highest BCUT2D eigenvalue weighted by Gasteiger charge is 2.41. The van der Waals surface area contributed by atoms with Gasteiger partial charge in [-0.15, -0.1) is 0 Å². The number of piperidine rings is 1. The number of benzene rings is 1. The van der Waals surface area contributed by atoms with Gasteiger partial charge in [0.1, 0.15) is 12.4 Å². The molecule has 0 bridgehead atoms. The first-order valence-corrected chi connectivity index (χ1v) is 14.3. The van der Waals surface area contributed by atoms with Crippen LogP contribution in [-0.4, -0.2) is 70.9 Å². The topological polar surface area (TPSA) is 87.7 Å². The average Bonchev–Trinajstić information content (AvgIpc) is 3.40. The van der Waals surface area contributed by atoms with Gasteiger partial charge in [0.15, 0.2) is 5.82 Å². The number of carbonyl (C=O) groups is 2. The Morgan fingerprint density at radius 1 is 1.05 bits per heavy atom. The SMILES string of the molecule is Cc1cc(C)nc(C2CCCN2C(=O)CN2CCC3(CCCCc4ccccc4OCCNC3=O)CC2)n1. The highest BCUT2D eigenvalue weighted by molar-refractivity contribution is 5.83. The fraction of sp³-hybridized carbons (Fsp3) is 0.600. The second-order valence-electron chi connectivity index (χ2n) is 11.2. The number of amides is 2. The van der Waals surface area contributed by atoms with Crippen molar-refractivity contribution in [1.82, 2.24) is 25.1 Å². The zero-order chi connectivity index (χ0) is 26.5. The van der Waals surface area contributed by atoms with E-state index in [9.17, 15) is 9.59 Å². The van der Waals surface area contributed by atoms with Crippen molar-refractivity contribution < 1.29 is 14.3 Å². The number of fused-ring (bicyclic) bond motifs is 1. The van der Waals surface area contributed by atoms with Gasteiger partial charge in [0, 0.05) is 17.9 Å². The molecule has 8 nitrogen and oxygen atoms in total. The summed E-state index contributed by atoms with van der Waals surface area (Å²) in [6, 6.07) is 10.1. The third-order valence-corrected chi connectivity index (χ3v) is 8.49. The van der Waals surface area contributed by atoms with E-state index in [0.717, 1.165) is 94.0 Å². The molecule has 8 heteroatoms. The molecule has 0 aliphatic carbocycles. The first kappa shape index (κ1) is 26.6. The summed E-state index contributed by atoms with van der Waals surface area (Å²) in [6.45, 7) is 7.61. The number of likely N-dealkylation sites (tertiary alicyclic amines) is 2. The Balaban J connectivity index is 1.18. The molecule has 1 aromatic heterocycles. The van der Waals surface area contributed by atoms with E-state index in [0.29, 0.717) is 19.7 Å². The summed E-state index contributed by atoms with van der Waals surface area (Å²) in [6.07, 6.45) is 7.36. The number of nitrogens with one attached hydrogen (secondary N) is 1. The van der Waals surface area contributed by atoms with Gasteiger partial charge in [0.25, 0.3) is 0 Å². The third kappa shape index (κ3) is 6.01. The van der Waals surface area contributed by atoms with E-state index in [1.807, 2.05) is 36.9 Å². The third-order valence-electron chi connectivity index (χ3n) is 8.49. The first-order valence-electron chi connectivity index (χ1n) is 14.3. The monoisotopic (exact) mass is 519 g/mol. The van der Waals surface area contributed by atoms with Crippen molar-refractivity contribution in [2.45, 2.75) is 71.3 Å². The second-order valence-corrected chi connectivity index (χ2v) is 11.2. The van der Waals surface area contributed by atoms with Crippen molar-refractivity contribution in [2.75, 3.05) is 39.3 Å². The Morgan fingerprint density at radius 2 is 1.82 bits per heavy atom. The Kier molecular flexibility index (Phi) is 8.27. The maximum Gasteiger partial charge on any atom is 0.237 e. The summed E-state index contributed by atoms with van der Waals surface area (Å²) in [5.74, 6) is 1.99. The van der Waals surface area contributed by atoms with E-state index < -0.39 is 0 Å². The van der Waals surface area contributed by atoms with Crippen LogP contribution in [0.15, 0.2) is 30.3 Å². The molecule has 1 N–H and O–H groups in total. The van der Waals surface area contributed by atoms with Crippen LogP contribution in [0.3, 0.4) is 0 Å². The molecule has 1 atom stereocenters. The Hall–Kier alpha value is -3.00. The van der Waals surface area contributed by atoms with Crippen LogP contribution >= 0.6 is 0 Å². The second kappa shape index (κ2) is 11.8. The van der Waals surface area contributed by atoms with Crippen LogP contribution in [0.4, 0.5) is 0 Å². The summed E-state index contributed by atoms with van der Waals surface area (Å²) in [7, 11) is 0. The molecule has 3 aliphatic heterocycles. The zero-order valence-electron chi connectivity index (χ0n) is 22.9. The minimum Gasteiger partial charge on any atom is -0.491 e. The lowest BCUT2D eigenvalue weighted by Crippen LogP contribution is -2.51. The number of ether oxygens (including phenoxy) is 1. The van der Waals surface area contributed by atoms with Crippen molar-refractivity contribution in [2.24, 2.45) is 5.41 Å². The number of hydrogen-bond donors (Lipinski definition) is 1. The highest BCUT2D eigenvalue weighted by atomic mass is 16.5. The summed E-state index contributed by atoms with van der Waals surface area (Å²) >= 11 is 0. The fourth-order valence-electron chi connectivity index (χ4n) is 6.39. The van der Waals surface area contributed by atoms with Gasteiger partial charge in [-0.3, -0.25) is 14.5 Å². The van der Waals surface area contributed by atoms with E-state index in [-0.39, 0.29) is 23.3 Å². The molecule has 204 valence electrons. The molecule has 1 spiro atoms. The van der Waals surface area contributed by atoms with E-state index in [4.69, 9.17) is 4.74 Å². The zero-order valence-corrected chi connectivity index (χ0v) is 22.9. The van der Waals surface area contributed by atoms with E-state index >= 15 is 0 Å². The van der Waals surface area contributed by atoms with Crippen molar-refractivity contribution in [3.8, 4) is 5.75 Å². The minimum atomic E-state index is -0.360. The highest BCUT2D eigenvalue weighted by Crippen LogP contribution is 2.38. The van der Waals surface area contributed by atoms with Crippen LogP contribution in [0, 0.1) is 19.3 Å². The molecule has 2 fully saturated rings. The summed E-state index contributed by atoms with van der Waals surface area (Å²) in [5, 5.41) is 3.15. The lowest BCUT2D eigenvalue weighted by Gasteiger charge is -2.41. The predicted molar refractivity (Wildman–Crippen MR) is 146 cm³/mol. The van der Waals surface area contributed by atoms with Gasteiger partial charge in [0.05, 0.1) is 24.5 Å². The standard InChI is InChI=1S/C30H41N5O3/c1-22-20-23(2)33-28(32-22)25-10-7-16-35(25)27(36)21-34-17-13-30(14-18-34)12-6-5-9-24-8-3-4-11-26(24)38-19-15-31-29(30)37/h3-4,8,11,20,25H,5-7,9-10,12-19,21H2,1-2H3,(H,31,37). The van der Waals surface area contributed by atoms with Gasteiger partial charge in [-0.25, -0.2) is 9.97 Å². The van der Waals surface area contributed by atoms with Crippen molar-refractivity contribution in [3.05, 3.63) is 53.1 Å². The van der Waals surface area contributed by atoms with E-state index in [1.54, 1.807) is 0 Å². The Morgan fingerprint density at radius 3 is 2.61 bits per heavy atom. The van der Waals surface area contributed by atoms with Crippen molar-refractivity contribution in [3.63, 3.8) is 0 Å². The molecular weight excluding hydrogens is 478 g/mol. The van der Waals surface area contributed by atoms with Crippen LogP contribution in [0.2, 0.25) is 0 Å². The number of nitrogens with zero attached hydrogens (tertiary/aromatic N) is 4. The molecule has 0 saturated carbocycles. The Bertz CT molecular complexity index is 1120. The van der Waals surface area contributed by atoms with Gasteiger partial charge in [0.2, 0.25) is 11.8 Å². The smallest absolute Gasteiger partial charge is 0.237 e. The Labute approximate surface area is 226 Å². The predicted octanol–water partition coefficient (Wildman–Crippen LogP) is 3.76. The number of rotatable bonds is 3. The molecule has 2 aromatic rings. The molecule has 1 aromatic carbocycles. The summed E-state index contributed by atoms with van der Waals surface area (Å²) in [5.41, 5.74) is 2.77. The summed E-state index contributed by atoms with van der Waals surface area (Å²) < 4.78 is 5.97. The molecule has 3 aliphatic rings. The van der Waals surface area contributed by atoms with Gasteiger partial charge in [-0.05, 0) is 89.6 Å². The molecule has 5 rings (SSSR count). The number of hydrogen-bond acceptors (Lipinski definition) is 6. The molecule has 2 saturated heterocycles. The van der Waals surface area contributed by atoms with Gasteiger partial charge in [-0.2, -0.15) is 0 Å².